The Labute approximate surface area is 171 Å². The smallest absolute Gasteiger partial charge is 0.278 e. The van der Waals surface area contributed by atoms with Gasteiger partial charge >= 0.3 is 0 Å². The van der Waals surface area contributed by atoms with Crippen molar-refractivity contribution >= 4 is 28.6 Å². The first-order valence-corrected chi connectivity index (χ1v) is 8.86. The van der Waals surface area contributed by atoms with E-state index in [1.807, 2.05) is 0 Å². The monoisotopic (exact) mass is 409 g/mol. The molecule has 0 radical (unpaired) electrons. The normalized spacial score (nSPS) is 10.9. The molecule has 0 spiro atoms. The van der Waals surface area contributed by atoms with Crippen LogP contribution in [0.25, 0.3) is 10.8 Å². The van der Waals surface area contributed by atoms with Crippen LogP contribution in [0, 0.1) is 10.1 Å². The number of nitrogens with one attached hydrogen (secondary N) is 1. The number of aromatic hydroxyl groups is 1. The summed E-state index contributed by atoms with van der Waals surface area (Å²) in [6.45, 7) is 0. The number of hydrazone groups is 1. The number of methoxy groups -OCH3 is 2. The SMILES string of the molecule is COc1ccc(CC(=O)N/N=C/c2cc([N+](=O)[O-])c3ccccc3c2O)cc1OC. The highest BCUT2D eigenvalue weighted by Gasteiger charge is 2.17. The molecule has 0 unspecified atom stereocenters. The van der Waals surface area contributed by atoms with Gasteiger partial charge in [0.25, 0.3) is 5.69 Å². The fraction of sp³-hybridized carbons (Fsp3) is 0.143. The number of nitro benzene ring substituents is 1. The summed E-state index contributed by atoms with van der Waals surface area (Å²) >= 11 is 0. The second kappa shape index (κ2) is 8.91. The molecule has 154 valence electrons. The van der Waals surface area contributed by atoms with Gasteiger partial charge in [-0.05, 0) is 23.8 Å². The largest absolute Gasteiger partial charge is 0.507 e. The maximum Gasteiger partial charge on any atom is 0.278 e. The molecular formula is C21H19N3O6. The molecule has 3 aromatic rings. The van der Waals surface area contributed by atoms with Gasteiger partial charge in [0.1, 0.15) is 5.75 Å². The van der Waals surface area contributed by atoms with Crippen molar-refractivity contribution in [3.05, 3.63) is 69.8 Å². The van der Waals surface area contributed by atoms with Crippen LogP contribution in [0.15, 0.2) is 53.6 Å². The Morgan fingerprint density at radius 1 is 1.13 bits per heavy atom. The summed E-state index contributed by atoms with van der Waals surface area (Å²) < 4.78 is 10.4. The topological polar surface area (TPSA) is 123 Å². The third kappa shape index (κ3) is 4.30. The molecule has 0 saturated carbocycles. The van der Waals surface area contributed by atoms with E-state index in [1.54, 1.807) is 42.5 Å². The van der Waals surface area contributed by atoms with Crippen LogP contribution in [0.3, 0.4) is 0 Å². The molecule has 0 heterocycles. The summed E-state index contributed by atoms with van der Waals surface area (Å²) in [5, 5.41) is 26.2. The number of phenolic OH excluding ortho intramolecular Hbond substituents is 1. The van der Waals surface area contributed by atoms with Crippen molar-refractivity contribution in [2.45, 2.75) is 6.42 Å². The molecule has 0 aromatic heterocycles. The van der Waals surface area contributed by atoms with Gasteiger partial charge in [-0.3, -0.25) is 14.9 Å². The van der Waals surface area contributed by atoms with Crippen LogP contribution in [0.4, 0.5) is 5.69 Å². The highest BCUT2D eigenvalue weighted by atomic mass is 16.6. The molecule has 0 fully saturated rings. The van der Waals surface area contributed by atoms with Crippen molar-refractivity contribution in [2.75, 3.05) is 14.2 Å². The number of nitrogens with zero attached hydrogens (tertiary/aromatic N) is 2. The van der Waals surface area contributed by atoms with E-state index < -0.39 is 10.8 Å². The van der Waals surface area contributed by atoms with Gasteiger partial charge in [-0.25, -0.2) is 5.43 Å². The fourth-order valence-electron chi connectivity index (χ4n) is 3.00. The second-order valence-corrected chi connectivity index (χ2v) is 6.30. The van der Waals surface area contributed by atoms with E-state index in [4.69, 9.17) is 9.47 Å². The lowest BCUT2D eigenvalue weighted by atomic mass is 10.0. The Morgan fingerprint density at radius 3 is 2.50 bits per heavy atom. The minimum Gasteiger partial charge on any atom is -0.507 e. The number of phenols is 1. The van der Waals surface area contributed by atoms with Gasteiger partial charge in [0.2, 0.25) is 5.91 Å². The Balaban J connectivity index is 1.77. The third-order valence-electron chi connectivity index (χ3n) is 4.43. The summed E-state index contributed by atoms with van der Waals surface area (Å²) in [4.78, 5) is 23.0. The zero-order valence-corrected chi connectivity index (χ0v) is 16.3. The minimum atomic E-state index is -0.533. The first-order valence-electron chi connectivity index (χ1n) is 8.86. The zero-order valence-electron chi connectivity index (χ0n) is 16.3. The summed E-state index contributed by atoms with van der Waals surface area (Å²) in [7, 11) is 3.02. The molecule has 30 heavy (non-hydrogen) atoms. The molecule has 0 atom stereocenters. The van der Waals surface area contributed by atoms with Crippen LogP contribution < -0.4 is 14.9 Å². The van der Waals surface area contributed by atoms with E-state index >= 15 is 0 Å². The third-order valence-corrected chi connectivity index (χ3v) is 4.43. The van der Waals surface area contributed by atoms with Crippen LogP contribution in [0.2, 0.25) is 0 Å². The lowest BCUT2D eigenvalue weighted by Crippen LogP contribution is -2.19. The van der Waals surface area contributed by atoms with Crippen molar-refractivity contribution in [3.8, 4) is 17.2 Å². The molecule has 2 N–H and O–H groups in total. The number of fused-ring (bicyclic) bond motifs is 1. The minimum absolute atomic E-state index is 0.0293. The second-order valence-electron chi connectivity index (χ2n) is 6.30. The number of amides is 1. The summed E-state index contributed by atoms with van der Waals surface area (Å²) in [6, 6.07) is 12.8. The highest BCUT2D eigenvalue weighted by molar-refractivity contribution is 6.02. The van der Waals surface area contributed by atoms with Crippen LogP contribution in [-0.2, 0) is 11.2 Å². The molecule has 0 aliphatic heterocycles. The number of benzene rings is 3. The van der Waals surface area contributed by atoms with Gasteiger partial charge in [0, 0.05) is 17.0 Å². The number of nitro groups is 1. The molecule has 9 nitrogen and oxygen atoms in total. The van der Waals surface area contributed by atoms with Gasteiger partial charge in [0.15, 0.2) is 11.5 Å². The van der Waals surface area contributed by atoms with E-state index in [-0.39, 0.29) is 23.4 Å². The van der Waals surface area contributed by atoms with Gasteiger partial charge < -0.3 is 14.6 Å². The van der Waals surface area contributed by atoms with Crippen LogP contribution in [0.1, 0.15) is 11.1 Å². The van der Waals surface area contributed by atoms with E-state index in [9.17, 15) is 20.0 Å². The summed E-state index contributed by atoms with van der Waals surface area (Å²) in [5.41, 5.74) is 2.98. The Kier molecular flexibility index (Phi) is 6.11. The average molecular weight is 409 g/mol. The van der Waals surface area contributed by atoms with Crippen molar-refractivity contribution in [1.29, 1.82) is 0 Å². The van der Waals surface area contributed by atoms with Gasteiger partial charge in [-0.2, -0.15) is 5.10 Å². The van der Waals surface area contributed by atoms with Crippen molar-refractivity contribution in [1.82, 2.24) is 5.43 Å². The number of hydrogen-bond acceptors (Lipinski definition) is 7. The molecular weight excluding hydrogens is 390 g/mol. The van der Waals surface area contributed by atoms with E-state index in [1.165, 1.54) is 26.5 Å². The molecule has 0 bridgehead atoms. The van der Waals surface area contributed by atoms with E-state index in [0.717, 1.165) is 0 Å². The lowest BCUT2D eigenvalue weighted by Gasteiger charge is -2.09. The fourth-order valence-corrected chi connectivity index (χ4v) is 3.00. The Morgan fingerprint density at radius 2 is 1.83 bits per heavy atom. The lowest BCUT2D eigenvalue weighted by molar-refractivity contribution is -0.383. The molecule has 0 aliphatic carbocycles. The van der Waals surface area contributed by atoms with Gasteiger partial charge in [0.05, 0.1) is 37.2 Å². The number of carbonyl (C=O) groups is 1. The van der Waals surface area contributed by atoms with Crippen molar-refractivity contribution in [2.24, 2.45) is 5.10 Å². The maximum absolute atomic E-state index is 12.2. The maximum atomic E-state index is 12.2. The van der Waals surface area contributed by atoms with Crippen molar-refractivity contribution < 1.29 is 24.3 Å². The molecule has 9 heteroatoms. The van der Waals surface area contributed by atoms with Crippen LogP contribution in [0.5, 0.6) is 17.2 Å². The summed E-state index contributed by atoms with van der Waals surface area (Å²) in [5.74, 6) is 0.482. The van der Waals surface area contributed by atoms with Crippen LogP contribution in [-0.4, -0.2) is 36.4 Å². The quantitative estimate of drug-likeness (QED) is 0.351. The first kappa shape index (κ1) is 20.6. The number of carbonyl (C=O) groups excluding carboxylic acids is 1. The number of non-ortho nitro benzene ring substituents is 1. The molecule has 0 aliphatic rings. The standard InChI is InChI=1S/C21H19N3O6/c1-29-18-8-7-13(9-19(18)30-2)10-20(25)23-22-12-14-11-17(24(27)28)15-5-3-4-6-16(15)21(14)26/h3-9,11-12,26H,10H2,1-2H3,(H,23,25)/b22-12+. The predicted molar refractivity (Wildman–Crippen MR) is 111 cm³/mol. The zero-order chi connectivity index (χ0) is 21.7. The molecule has 3 rings (SSSR count). The van der Waals surface area contributed by atoms with Gasteiger partial charge in [-0.1, -0.05) is 24.3 Å². The Bertz CT molecular complexity index is 1140. The number of ether oxygens (including phenoxy) is 2. The highest BCUT2D eigenvalue weighted by Crippen LogP contribution is 2.34. The number of hydrogen-bond donors (Lipinski definition) is 2. The van der Waals surface area contributed by atoms with Gasteiger partial charge in [-0.15, -0.1) is 0 Å². The molecule has 3 aromatic carbocycles. The van der Waals surface area contributed by atoms with Crippen molar-refractivity contribution in [3.63, 3.8) is 0 Å². The Hall–Kier alpha value is -4.14. The van der Waals surface area contributed by atoms with E-state index in [0.29, 0.717) is 27.8 Å². The number of rotatable bonds is 7. The molecule has 0 saturated heterocycles. The predicted octanol–water partition coefficient (Wildman–Crippen LogP) is 3.16. The average Bonchev–Trinajstić information content (AvgIpc) is 2.75. The molecule has 1 amide bonds. The first-order chi connectivity index (χ1) is 14.4. The summed E-state index contributed by atoms with van der Waals surface area (Å²) in [6.07, 6.45) is 1.20. The van der Waals surface area contributed by atoms with Crippen LogP contribution >= 0.6 is 0 Å². The van der Waals surface area contributed by atoms with E-state index in [2.05, 4.69) is 10.5 Å².